The molecule has 0 N–H and O–H groups in total. The lowest BCUT2D eigenvalue weighted by atomic mass is 10.4. The van der Waals surface area contributed by atoms with Crippen LogP contribution in [0.5, 0.6) is 0 Å². The van der Waals surface area contributed by atoms with Gasteiger partial charge in [-0.1, -0.05) is 0 Å². The highest BCUT2D eigenvalue weighted by molar-refractivity contribution is 7.78. The number of aliphatic imine (C=N–C) groups is 1. The minimum atomic E-state index is 0.685. The summed E-state index contributed by atoms with van der Waals surface area (Å²) >= 11 is 4.34. The van der Waals surface area contributed by atoms with Crippen LogP contribution in [0.3, 0.4) is 0 Å². The van der Waals surface area contributed by atoms with Gasteiger partial charge in [-0.05, 0) is 19.1 Å². The molecule has 1 nitrogen and oxygen atoms in total. The van der Waals surface area contributed by atoms with Gasteiger partial charge in [-0.3, -0.25) is 0 Å². The highest BCUT2D eigenvalue weighted by Gasteiger charge is 1.70. The first-order valence-electron chi connectivity index (χ1n) is 2.35. The highest BCUT2D eigenvalue weighted by atomic mass is 32.1. The van der Waals surface area contributed by atoms with Gasteiger partial charge < -0.3 is 0 Å². The molecule has 0 aromatic rings. The minimum absolute atomic E-state index is 0.685. The number of hydrogen-bond acceptors (Lipinski definition) is 2. The van der Waals surface area contributed by atoms with Crippen LogP contribution in [0.2, 0.25) is 0 Å². The molecular weight excluding hydrogens is 118 g/mol. The molecule has 0 rings (SSSR count). The molecule has 0 amide bonds. The Hall–Kier alpha value is -0.640. The molecule has 42 valence electrons. The number of thiocarbonyl (C=S) groups is 1. The Balaban J connectivity index is 3.14. The van der Waals surface area contributed by atoms with Crippen LogP contribution in [0.1, 0.15) is 13.3 Å². The van der Waals surface area contributed by atoms with Gasteiger partial charge in [-0.2, -0.15) is 0 Å². The molecule has 0 aromatic heterocycles. The topological polar surface area (TPSA) is 12.4 Å². The molecule has 0 unspecified atom stereocenters. The van der Waals surface area contributed by atoms with E-state index in [9.17, 15) is 0 Å². The first-order valence-corrected chi connectivity index (χ1v) is 2.76. The van der Waals surface area contributed by atoms with E-state index in [0.717, 1.165) is 6.42 Å². The monoisotopic (exact) mass is 125 g/mol. The molecule has 2 heteroatoms. The summed E-state index contributed by atoms with van der Waals surface area (Å²) in [6.45, 7) is 2.49. The van der Waals surface area contributed by atoms with E-state index >= 15 is 0 Å². The predicted octanol–water partition coefficient (Wildman–Crippen LogP) is 1.50. The van der Waals surface area contributed by atoms with Crippen molar-refractivity contribution in [2.75, 3.05) is 6.54 Å². The summed E-state index contributed by atoms with van der Waals surface area (Å²) in [4.78, 5) is 3.67. The number of nitrogens with zero attached hydrogens (tertiary/aromatic N) is 1. The Morgan fingerprint density at radius 2 is 2.38 bits per heavy atom. The molecule has 0 heterocycles. The van der Waals surface area contributed by atoms with Crippen molar-refractivity contribution < 1.29 is 0 Å². The van der Waals surface area contributed by atoms with Crippen LogP contribution in [0.25, 0.3) is 0 Å². The van der Waals surface area contributed by atoms with Crippen LogP contribution in [-0.4, -0.2) is 11.7 Å². The van der Waals surface area contributed by atoms with Gasteiger partial charge in [0.25, 0.3) is 0 Å². The summed E-state index contributed by atoms with van der Waals surface area (Å²) in [5.41, 5.74) is 0. The number of hydrogen-bond donors (Lipinski definition) is 0. The van der Waals surface area contributed by atoms with E-state index in [4.69, 9.17) is 0 Å². The van der Waals surface area contributed by atoms with Gasteiger partial charge in [-0.15, -0.1) is 11.8 Å². The lowest BCUT2D eigenvalue weighted by molar-refractivity contribution is 1.04. The van der Waals surface area contributed by atoms with Crippen LogP contribution in [-0.2, 0) is 0 Å². The third-order valence-corrected chi connectivity index (χ3v) is 0.719. The third-order valence-electron chi connectivity index (χ3n) is 0.590. The van der Waals surface area contributed by atoms with Gasteiger partial charge in [-0.25, -0.2) is 4.99 Å². The maximum Gasteiger partial charge on any atom is 0.0602 e. The van der Waals surface area contributed by atoms with Crippen molar-refractivity contribution in [1.82, 2.24) is 0 Å². The molecule has 0 bridgehead atoms. The Morgan fingerprint density at radius 1 is 1.62 bits per heavy atom. The van der Waals surface area contributed by atoms with Gasteiger partial charge in [0.15, 0.2) is 0 Å². The SMILES string of the molecule is CC#CCCN=C=S. The normalized spacial score (nSPS) is 6.12. The predicted molar refractivity (Wildman–Crippen MR) is 38.0 cm³/mol. The van der Waals surface area contributed by atoms with Crippen LogP contribution in [0, 0.1) is 11.8 Å². The van der Waals surface area contributed by atoms with Gasteiger partial charge in [0, 0.05) is 6.42 Å². The van der Waals surface area contributed by atoms with Crippen molar-refractivity contribution in [3.05, 3.63) is 0 Å². The second-order valence-electron chi connectivity index (χ2n) is 1.15. The minimum Gasteiger partial charge on any atom is -0.232 e. The standard InChI is InChI=1S/C6H7NS/c1-2-3-4-5-7-6-8/h4-5H2,1H3. The van der Waals surface area contributed by atoms with Crippen LogP contribution < -0.4 is 0 Å². The maximum atomic E-state index is 4.34. The zero-order valence-electron chi connectivity index (χ0n) is 4.77. The summed E-state index contributed by atoms with van der Waals surface area (Å²) in [5.74, 6) is 5.61. The zero-order valence-corrected chi connectivity index (χ0v) is 5.59. The van der Waals surface area contributed by atoms with E-state index in [-0.39, 0.29) is 0 Å². The van der Waals surface area contributed by atoms with Gasteiger partial charge in [0.2, 0.25) is 0 Å². The first-order chi connectivity index (χ1) is 3.91. The molecule has 0 radical (unpaired) electrons. The Labute approximate surface area is 54.8 Å². The molecule has 0 aromatic carbocycles. The zero-order chi connectivity index (χ0) is 6.24. The summed E-state index contributed by atoms with van der Waals surface area (Å²) in [5, 5.41) is 2.27. The number of rotatable bonds is 2. The Bertz CT molecular complexity index is 146. The van der Waals surface area contributed by atoms with E-state index in [0.29, 0.717) is 6.54 Å². The molecule has 0 saturated heterocycles. The van der Waals surface area contributed by atoms with Gasteiger partial charge >= 0.3 is 0 Å². The molecule has 0 atom stereocenters. The maximum absolute atomic E-state index is 4.34. The van der Waals surface area contributed by atoms with Crippen molar-refractivity contribution in [3.8, 4) is 11.8 Å². The van der Waals surface area contributed by atoms with Gasteiger partial charge in [0.1, 0.15) is 0 Å². The van der Waals surface area contributed by atoms with Crippen molar-refractivity contribution in [2.45, 2.75) is 13.3 Å². The smallest absolute Gasteiger partial charge is 0.0602 e. The summed E-state index contributed by atoms with van der Waals surface area (Å²) in [6.07, 6.45) is 0.792. The van der Waals surface area contributed by atoms with Crippen LogP contribution in [0.4, 0.5) is 0 Å². The second-order valence-corrected chi connectivity index (χ2v) is 1.33. The van der Waals surface area contributed by atoms with Crippen molar-refractivity contribution >= 4 is 17.4 Å². The molecular formula is C6H7NS. The lowest BCUT2D eigenvalue weighted by Crippen LogP contribution is -1.72. The summed E-state index contributed by atoms with van der Waals surface area (Å²) in [7, 11) is 0. The summed E-state index contributed by atoms with van der Waals surface area (Å²) < 4.78 is 0. The Morgan fingerprint density at radius 3 is 2.88 bits per heavy atom. The third kappa shape index (κ3) is 5.36. The fourth-order valence-corrected chi connectivity index (χ4v) is 0.374. The van der Waals surface area contributed by atoms with Crippen molar-refractivity contribution in [3.63, 3.8) is 0 Å². The average Bonchev–Trinajstić information content (AvgIpc) is 1.81. The largest absolute Gasteiger partial charge is 0.232 e. The van der Waals surface area contributed by atoms with E-state index in [1.165, 1.54) is 0 Å². The molecule has 0 spiro atoms. The Kier molecular flexibility index (Phi) is 5.85. The van der Waals surface area contributed by atoms with Crippen molar-refractivity contribution in [1.29, 1.82) is 0 Å². The summed E-state index contributed by atoms with van der Waals surface area (Å²) in [6, 6.07) is 0. The molecule has 0 fully saturated rings. The molecule has 8 heavy (non-hydrogen) atoms. The fraction of sp³-hybridized carbons (Fsp3) is 0.500. The van der Waals surface area contributed by atoms with E-state index in [2.05, 4.69) is 34.2 Å². The first kappa shape index (κ1) is 7.36. The van der Waals surface area contributed by atoms with E-state index < -0.39 is 0 Å². The molecule has 0 aliphatic heterocycles. The number of isothiocyanates is 1. The average molecular weight is 125 g/mol. The van der Waals surface area contributed by atoms with E-state index in [1.54, 1.807) is 6.92 Å². The molecule has 0 aliphatic carbocycles. The van der Waals surface area contributed by atoms with Crippen molar-refractivity contribution in [2.24, 2.45) is 4.99 Å². The lowest BCUT2D eigenvalue weighted by Gasteiger charge is -1.75. The van der Waals surface area contributed by atoms with Crippen LogP contribution in [0.15, 0.2) is 4.99 Å². The van der Waals surface area contributed by atoms with Gasteiger partial charge in [0.05, 0.1) is 11.7 Å². The van der Waals surface area contributed by atoms with E-state index in [1.807, 2.05) is 0 Å². The van der Waals surface area contributed by atoms with Crippen LogP contribution >= 0.6 is 12.2 Å². The molecule has 0 saturated carbocycles. The fourth-order valence-electron chi connectivity index (χ4n) is 0.282. The quantitative estimate of drug-likeness (QED) is 0.236. The highest BCUT2D eigenvalue weighted by Crippen LogP contribution is 1.74. The second kappa shape index (κ2) is 6.36. The molecule has 0 aliphatic rings.